The van der Waals surface area contributed by atoms with E-state index in [0.29, 0.717) is 23.7 Å². The highest BCUT2D eigenvalue weighted by atomic mass is 35.5. The van der Waals surface area contributed by atoms with Gasteiger partial charge in [0.2, 0.25) is 5.91 Å². The molecule has 1 fully saturated rings. The Bertz CT molecular complexity index is 490. The molecular weight excluding hydrogens is 290 g/mol. The quantitative estimate of drug-likeness (QED) is 0.674. The highest BCUT2D eigenvalue weighted by Crippen LogP contribution is 2.21. The molecule has 3 N–H and O–H groups in total. The number of anilines is 1. The van der Waals surface area contributed by atoms with E-state index in [1.54, 1.807) is 18.2 Å². The summed E-state index contributed by atoms with van der Waals surface area (Å²) in [5, 5.41) is 8.75. The average molecular weight is 312 g/mol. The Labute approximate surface area is 131 Å². The van der Waals surface area contributed by atoms with E-state index in [9.17, 15) is 9.59 Å². The molecule has 0 unspecified atom stereocenters. The van der Waals surface area contributed by atoms with Crippen LogP contribution in [0.25, 0.3) is 0 Å². The first-order valence-corrected chi connectivity index (χ1v) is 7.05. The maximum atomic E-state index is 12.1. The maximum Gasteiger partial charge on any atom is 0.253 e. The number of hydrogen-bond donors (Lipinski definition) is 3. The summed E-state index contributed by atoms with van der Waals surface area (Å²) < 4.78 is 0. The van der Waals surface area contributed by atoms with Gasteiger partial charge in [-0.25, -0.2) is 0 Å². The molecule has 1 aliphatic carbocycles. The van der Waals surface area contributed by atoms with Crippen molar-refractivity contribution in [3.63, 3.8) is 0 Å². The lowest BCUT2D eigenvalue weighted by atomic mass is 10.1. The molecule has 0 bridgehead atoms. The van der Waals surface area contributed by atoms with Crippen molar-refractivity contribution in [1.82, 2.24) is 10.6 Å². The zero-order chi connectivity index (χ0) is 14.4. The van der Waals surface area contributed by atoms with Crippen molar-refractivity contribution in [2.45, 2.75) is 31.7 Å². The van der Waals surface area contributed by atoms with Crippen molar-refractivity contribution in [2.24, 2.45) is 0 Å². The van der Waals surface area contributed by atoms with E-state index in [0.717, 1.165) is 25.8 Å². The Balaban J connectivity index is 0.00000220. The highest BCUT2D eigenvalue weighted by molar-refractivity contribution is 6.03. The smallest absolute Gasteiger partial charge is 0.253 e. The van der Waals surface area contributed by atoms with Gasteiger partial charge >= 0.3 is 0 Å². The second-order valence-corrected chi connectivity index (χ2v) is 5.05. The largest absolute Gasteiger partial charge is 0.349 e. The summed E-state index contributed by atoms with van der Waals surface area (Å²) >= 11 is 0. The molecule has 1 saturated carbocycles. The summed E-state index contributed by atoms with van der Waals surface area (Å²) in [4.78, 5) is 23.9. The molecule has 0 radical (unpaired) electrons. The number of rotatable bonds is 7. The maximum absolute atomic E-state index is 12.1. The molecular formula is C15H22ClN3O2. The third-order valence-corrected chi connectivity index (χ3v) is 3.19. The summed E-state index contributed by atoms with van der Waals surface area (Å²) in [6.45, 7) is 0.803. The normalized spacial score (nSPS) is 13.2. The highest BCUT2D eigenvalue weighted by Gasteiger charge is 2.24. The fourth-order valence-electron chi connectivity index (χ4n) is 1.92. The molecule has 2 rings (SSSR count). The lowest BCUT2D eigenvalue weighted by molar-refractivity contribution is -0.116. The molecule has 0 aliphatic heterocycles. The van der Waals surface area contributed by atoms with Crippen LogP contribution in [0, 0.1) is 0 Å². The van der Waals surface area contributed by atoms with Crippen molar-refractivity contribution in [3.05, 3.63) is 29.8 Å². The lowest BCUT2D eigenvalue weighted by Gasteiger charge is -2.11. The standard InChI is InChI=1S/C15H21N3O2.ClH/c1-16-10-4-7-14(19)18-13-6-3-2-5-12(13)15(20)17-11-8-9-11;/h2-3,5-6,11,16H,4,7-10H2,1H3,(H,17,20)(H,18,19);1H. The van der Waals surface area contributed by atoms with Crippen LogP contribution in [0.2, 0.25) is 0 Å². The minimum atomic E-state index is -0.112. The summed E-state index contributed by atoms with van der Waals surface area (Å²) in [5.74, 6) is -0.175. The van der Waals surface area contributed by atoms with Gasteiger partial charge in [0.25, 0.3) is 5.91 Å². The predicted octanol–water partition coefficient (Wildman–Crippen LogP) is 1.94. The molecule has 0 aromatic heterocycles. The molecule has 0 heterocycles. The molecule has 1 aromatic carbocycles. The van der Waals surface area contributed by atoms with E-state index in [1.165, 1.54) is 0 Å². The number of carbonyl (C=O) groups excluding carboxylic acids is 2. The monoisotopic (exact) mass is 311 g/mol. The summed E-state index contributed by atoms with van der Waals surface area (Å²) in [5.41, 5.74) is 1.11. The van der Waals surface area contributed by atoms with Crippen molar-refractivity contribution in [3.8, 4) is 0 Å². The van der Waals surface area contributed by atoms with E-state index >= 15 is 0 Å². The van der Waals surface area contributed by atoms with Crippen LogP contribution in [-0.2, 0) is 4.79 Å². The van der Waals surface area contributed by atoms with Gasteiger partial charge in [-0.1, -0.05) is 12.1 Å². The van der Waals surface area contributed by atoms with Crippen LogP contribution in [0.4, 0.5) is 5.69 Å². The summed E-state index contributed by atoms with van der Waals surface area (Å²) in [7, 11) is 1.86. The topological polar surface area (TPSA) is 70.2 Å². The molecule has 1 aromatic rings. The number of nitrogens with one attached hydrogen (secondary N) is 3. The van der Waals surface area contributed by atoms with Gasteiger partial charge in [-0.05, 0) is 45.0 Å². The van der Waals surface area contributed by atoms with Crippen LogP contribution in [0.1, 0.15) is 36.0 Å². The van der Waals surface area contributed by atoms with Gasteiger partial charge in [0.1, 0.15) is 0 Å². The number of halogens is 1. The van der Waals surface area contributed by atoms with Crippen molar-refractivity contribution < 1.29 is 9.59 Å². The second kappa shape index (κ2) is 8.64. The molecule has 0 atom stereocenters. The average Bonchev–Trinajstić information content (AvgIpc) is 3.23. The van der Waals surface area contributed by atoms with Gasteiger partial charge in [-0.15, -0.1) is 12.4 Å². The van der Waals surface area contributed by atoms with E-state index in [4.69, 9.17) is 0 Å². The Hall–Kier alpha value is -1.59. The first-order chi connectivity index (χ1) is 9.70. The third kappa shape index (κ3) is 5.73. The predicted molar refractivity (Wildman–Crippen MR) is 86.0 cm³/mol. The minimum absolute atomic E-state index is 0. The van der Waals surface area contributed by atoms with Crippen LogP contribution < -0.4 is 16.0 Å². The van der Waals surface area contributed by atoms with Crippen molar-refractivity contribution in [2.75, 3.05) is 18.9 Å². The van der Waals surface area contributed by atoms with Gasteiger partial charge in [-0.3, -0.25) is 9.59 Å². The number of amides is 2. The Kier molecular flexibility index (Phi) is 7.19. The Morgan fingerprint density at radius 2 is 1.95 bits per heavy atom. The Morgan fingerprint density at radius 1 is 1.24 bits per heavy atom. The van der Waals surface area contributed by atoms with Crippen LogP contribution in [0.3, 0.4) is 0 Å². The van der Waals surface area contributed by atoms with Crippen molar-refractivity contribution >= 4 is 29.9 Å². The van der Waals surface area contributed by atoms with Crippen molar-refractivity contribution in [1.29, 1.82) is 0 Å². The van der Waals surface area contributed by atoms with E-state index < -0.39 is 0 Å². The first kappa shape index (κ1) is 17.5. The van der Waals surface area contributed by atoms with Gasteiger partial charge in [0.15, 0.2) is 0 Å². The van der Waals surface area contributed by atoms with Crippen LogP contribution in [-0.4, -0.2) is 31.4 Å². The summed E-state index contributed by atoms with van der Waals surface area (Å²) in [6.07, 6.45) is 3.31. The van der Waals surface area contributed by atoms with Crippen LogP contribution in [0.15, 0.2) is 24.3 Å². The number of hydrogen-bond acceptors (Lipinski definition) is 3. The van der Waals surface area contributed by atoms with E-state index in [2.05, 4.69) is 16.0 Å². The zero-order valence-corrected chi connectivity index (χ0v) is 13.0. The number of para-hydroxylation sites is 1. The second-order valence-electron chi connectivity index (χ2n) is 5.05. The summed E-state index contributed by atoms with van der Waals surface area (Å²) in [6, 6.07) is 7.43. The third-order valence-electron chi connectivity index (χ3n) is 3.19. The minimum Gasteiger partial charge on any atom is -0.349 e. The SMILES string of the molecule is CNCCCC(=O)Nc1ccccc1C(=O)NC1CC1.Cl. The van der Waals surface area contributed by atoms with Gasteiger partial charge in [0.05, 0.1) is 11.3 Å². The molecule has 0 saturated heterocycles. The zero-order valence-electron chi connectivity index (χ0n) is 12.1. The molecule has 21 heavy (non-hydrogen) atoms. The van der Waals surface area contributed by atoms with Crippen LogP contribution >= 0.6 is 12.4 Å². The molecule has 1 aliphatic rings. The lowest BCUT2D eigenvalue weighted by Crippen LogP contribution is -2.27. The molecule has 116 valence electrons. The van der Waals surface area contributed by atoms with Gasteiger partial charge < -0.3 is 16.0 Å². The fraction of sp³-hybridized carbons (Fsp3) is 0.467. The molecule has 0 spiro atoms. The molecule has 5 nitrogen and oxygen atoms in total. The van der Waals surface area contributed by atoms with E-state index in [1.807, 2.05) is 13.1 Å². The number of carbonyl (C=O) groups is 2. The first-order valence-electron chi connectivity index (χ1n) is 7.05. The van der Waals surface area contributed by atoms with Gasteiger partial charge in [0, 0.05) is 12.5 Å². The molecule has 6 heteroatoms. The number of benzene rings is 1. The molecule has 2 amide bonds. The Morgan fingerprint density at radius 3 is 2.62 bits per heavy atom. The van der Waals surface area contributed by atoms with Crippen LogP contribution in [0.5, 0.6) is 0 Å². The van der Waals surface area contributed by atoms with E-state index in [-0.39, 0.29) is 24.2 Å². The van der Waals surface area contributed by atoms with Gasteiger partial charge in [-0.2, -0.15) is 0 Å². The fourth-order valence-corrected chi connectivity index (χ4v) is 1.92.